The van der Waals surface area contributed by atoms with Gasteiger partial charge in [-0.2, -0.15) is 0 Å². The third kappa shape index (κ3) is 10.3. The fraction of sp³-hybridized carbons (Fsp3) is 0.222. The van der Waals surface area contributed by atoms with Crippen molar-refractivity contribution in [3.63, 3.8) is 0 Å². The summed E-state index contributed by atoms with van der Waals surface area (Å²) in [5.41, 5.74) is 16.4. The Labute approximate surface area is 477 Å². The van der Waals surface area contributed by atoms with Crippen molar-refractivity contribution < 1.29 is 25.8 Å². The van der Waals surface area contributed by atoms with Crippen LogP contribution in [0.15, 0.2) is 201 Å². The number of pyridine rings is 1. The van der Waals surface area contributed by atoms with Gasteiger partial charge >= 0.3 is 0 Å². The molecule has 10 aromatic rings. The monoisotopic (exact) mass is 1200 g/mol. The molecule has 0 saturated heterocycles. The first kappa shape index (κ1) is 53.9. The fourth-order valence-electron chi connectivity index (χ4n) is 11.2. The molecular weight excluding hydrogens is 1130 g/mol. The predicted molar refractivity (Wildman–Crippen MR) is 322 cm³/mol. The zero-order chi connectivity index (χ0) is 53.8. The first-order chi connectivity index (χ1) is 36.9. The second-order valence-electron chi connectivity index (χ2n) is 23.5. The first-order valence-electron chi connectivity index (χ1n) is 27.2. The van der Waals surface area contributed by atoms with Gasteiger partial charge in [0.15, 0.2) is 0 Å². The first-order valence-corrected chi connectivity index (χ1v) is 27.2. The van der Waals surface area contributed by atoms with Crippen LogP contribution >= 0.6 is 0 Å². The van der Waals surface area contributed by atoms with Gasteiger partial charge in [0.1, 0.15) is 5.82 Å². The molecule has 396 valence electrons. The number of ether oxygens (including phenoxy) is 1. The van der Waals surface area contributed by atoms with Crippen LogP contribution in [-0.2, 0) is 37.3 Å². The van der Waals surface area contributed by atoms with Crippen LogP contribution in [0.25, 0.3) is 49.9 Å². The van der Waals surface area contributed by atoms with Crippen molar-refractivity contribution >= 4 is 33.2 Å². The summed E-state index contributed by atoms with van der Waals surface area (Å²) in [4.78, 5) is 9.45. The van der Waals surface area contributed by atoms with Crippen LogP contribution in [0.3, 0.4) is 0 Å². The number of anilines is 2. The smallest absolute Gasteiger partial charge is 0.135 e. The van der Waals surface area contributed by atoms with Crippen LogP contribution in [0.5, 0.6) is 11.5 Å². The Bertz CT molecular complexity index is 3780. The van der Waals surface area contributed by atoms with Gasteiger partial charge in [-0.1, -0.05) is 221 Å². The van der Waals surface area contributed by atoms with Crippen molar-refractivity contribution in [3.05, 3.63) is 258 Å². The van der Waals surface area contributed by atoms with Gasteiger partial charge in [0.25, 0.3) is 0 Å². The van der Waals surface area contributed by atoms with Gasteiger partial charge in [-0.15, -0.1) is 53.8 Å². The summed E-state index contributed by atoms with van der Waals surface area (Å²) < 4.78 is 9.61. The van der Waals surface area contributed by atoms with Gasteiger partial charge in [0.2, 0.25) is 0 Å². The molecule has 1 aliphatic rings. The van der Waals surface area contributed by atoms with E-state index in [4.69, 9.17) is 9.72 Å². The molecule has 0 saturated carbocycles. The summed E-state index contributed by atoms with van der Waals surface area (Å²) in [5.74, 6) is 2.60. The predicted octanol–water partition coefficient (Wildman–Crippen LogP) is 19.0. The summed E-state index contributed by atoms with van der Waals surface area (Å²) in [6, 6.07) is 73.4. The molecule has 5 nitrogen and oxygen atoms in total. The van der Waals surface area contributed by atoms with Gasteiger partial charge < -0.3 is 19.1 Å². The van der Waals surface area contributed by atoms with E-state index >= 15 is 0 Å². The molecule has 78 heavy (non-hydrogen) atoms. The molecule has 2 aromatic heterocycles. The molecule has 0 radical (unpaired) electrons. The second-order valence-corrected chi connectivity index (χ2v) is 23.5. The van der Waals surface area contributed by atoms with E-state index in [-0.39, 0.29) is 43.7 Å². The number of rotatable bonds is 13. The molecule has 0 fully saturated rings. The number of aromatic nitrogens is 2. The van der Waals surface area contributed by atoms with Crippen LogP contribution < -0.4 is 14.5 Å². The standard InChI is InChI=1S/C72H69N4O.Pt/c1-48(2)61-31-23-32-62(49(3)4)68(61)52-40-58(75-37-36-74(47-75)57-39-51(50-24-15-12-16-25-50)38-56(42-57)71(8,9)53-26-17-13-18-27-53)44-59(41-52)77-60-45-64(72(10,11)54-28-19-14-20-29-54)69-63-30-21-22-33-65(63)76(66(69)46-60)67-43-55(34-35-73-67)70(5,6)7;/h12-43,45,47-49H,1-11H3;/q-3;. The van der Waals surface area contributed by atoms with Crippen molar-refractivity contribution in [2.75, 3.05) is 9.80 Å². The van der Waals surface area contributed by atoms with Gasteiger partial charge in [0, 0.05) is 55.4 Å². The molecular formula is C72H69N4OPt-3. The second kappa shape index (κ2) is 21.4. The largest absolute Gasteiger partial charge is 0.509 e. The van der Waals surface area contributed by atoms with Crippen LogP contribution in [0.2, 0.25) is 0 Å². The Balaban J connectivity index is 0.00000688. The maximum absolute atomic E-state index is 7.33. The number of para-hydroxylation sites is 1. The number of benzene rings is 8. The van der Waals surface area contributed by atoms with E-state index in [2.05, 4.69) is 304 Å². The Kier molecular flexibility index (Phi) is 14.8. The van der Waals surface area contributed by atoms with E-state index in [1.165, 1.54) is 44.5 Å². The molecule has 0 unspecified atom stereocenters. The van der Waals surface area contributed by atoms with Crippen molar-refractivity contribution in [1.29, 1.82) is 0 Å². The molecule has 1 aliphatic heterocycles. The van der Waals surface area contributed by atoms with E-state index in [9.17, 15) is 0 Å². The maximum Gasteiger partial charge on any atom is 0.135 e. The summed E-state index contributed by atoms with van der Waals surface area (Å²) in [6.45, 7) is 27.3. The molecule has 11 rings (SSSR count). The van der Waals surface area contributed by atoms with Gasteiger partial charge in [-0.25, -0.2) is 4.98 Å². The molecule has 8 aromatic carbocycles. The van der Waals surface area contributed by atoms with Crippen LogP contribution in [-0.4, -0.2) is 9.55 Å². The third-order valence-corrected chi connectivity index (χ3v) is 15.8. The molecule has 6 heteroatoms. The van der Waals surface area contributed by atoms with Gasteiger partial charge in [0.05, 0.1) is 0 Å². The average Bonchev–Trinajstić information content (AvgIpc) is 4.29. The Morgan fingerprint density at radius 1 is 0.513 bits per heavy atom. The Morgan fingerprint density at radius 3 is 1.77 bits per heavy atom. The minimum atomic E-state index is -0.436. The van der Waals surface area contributed by atoms with E-state index in [0.29, 0.717) is 11.5 Å². The minimum Gasteiger partial charge on any atom is -0.509 e. The molecule has 0 bridgehead atoms. The number of nitrogens with zero attached hydrogens (tertiary/aromatic N) is 4. The zero-order valence-corrected chi connectivity index (χ0v) is 49.1. The van der Waals surface area contributed by atoms with Crippen LogP contribution in [0.4, 0.5) is 11.4 Å². The minimum absolute atomic E-state index is 0. The van der Waals surface area contributed by atoms with E-state index in [1.54, 1.807) is 0 Å². The quantitative estimate of drug-likeness (QED) is 0.108. The molecule has 0 N–H and O–H groups in total. The van der Waals surface area contributed by atoms with Gasteiger partial charge in [-0.3, -0.25) is 0 Å². The van der Waals surface area contributed by atoms with Crippen molar-refractivity contribution in [2.45, 2.75) is 104 Å². The van der Waals surface area contributed by atoms with Crippen molar-refractivity contribution in [2.24, 2.45) is 0 Å². The molecule has 0 atom stereocenters. The number of hydrogen-bond donors (Lipinski definition) is 0. The van der Waals surface area contributed by atoms with E-state index in [0.717, 1.165) is 55.7 Å². The number of hydrogen-bond acceptors (Lipinski definition) is 4. The molecule has 0 spiro atoms. The molecule has 0 amide bonds. The van der Waals surface area contributed by atoms with Crippen LogP contribution in [0.1, 0.15) is 127 Å². The average molecular weight is 1200 g/mol. The maximum atomic E-state index is 7.33. The van der Waals surface area contributed by atoms with Gasteiger partial charge in [-0.05, 0) is 121 Å². The Hall–Kier alpha value is -7.46. The topological polar surface area (TPSA) is 33.5 Å². The van der Waals surface area contributed by atoms with Crippen molar-refractivity contribution in [3.8, 4) is 39.6 Å². The number of fused-ring (bicyclic) bond motifs is 3. The van der Waals surface area contributed by atoms with E-state index in [1.807, 2.05) is 6.20 Å². The van der Waals surface area contributed by atoms with Crippen LogP contribution in [0, 0.1) is 18.8 Å². The molecule has 3 heterocycles. The van der Waals surface area contributed by atoms with E-state index < -0.39 is 5.41 Å². The zero-order valence-electron chi connectivity index (χ0n) is 46.8. The summed E-state index contributed by atoms with van der Waals surface area (Å²) in [5, 5.41) is 2.26. The Morgan fingerprint density at radius 2 is 1.12 bits per heavy atom. The SMILES string of the molecule is CC(C)c1cccc(C(C)C)c1-c1cc(Oc2[c-]c3c(c(C(C)(C)c4ccccc4)c2)c2ccccc2n3-c2cc(C(C)(C)C)ccn2)[c-]c(N2C=CN(c3cc(-c4ccccc4)cc(C(C)(C)c4ccccc4)c3)[CH-]2)c1.[Pt]. The third-order valence-electron chi connectivity index (χ3n) is 15.8. The summed E-state index contributed by atoms with van der Waals surface area (Å²) in [7, 11) is 0. The normalized spacial score (nSPS) is 13.0. The van der Waals surface area contributed by atoms with Crippen molar-refractivity contribution in [1.82, 2.24) is 9.55 Å². The fourth-order valence-corrected chi connectivity index (χ4v) is 11.2. The summed E-state index contributed by atoms with van der Waals surface area (Å²) in [6.07, 6.45) is 6.21. The summed E-state index contributed by atoms with van der Waals surface area (Å²) >= 11 is 0. The molecule has 0 aliphatic carbocycles.